The van der Waals surface area contributed by atoms with Crippen LogP contribution in [-0.4, -0.2) is 88.3 Å². The number of aromatic nitrogens is 2. The number of fused-ring (bicyclic) bond motifs is 2. The van der Waals surface area contributed by atoms with E-state index in [1.54, 1.807) is 35.4 Å². The van der Waals surface area contributed by atoms with Crippen LogP contribution in [0.2, 0.25) is 0 Å². The van der Waals surface area contributed by atoms with E-state index in [9.17, 15) is 19.8 Å². The lowest BCUT2D eigenvalue weighted by Gasteiger charge is -2.25. The SMILES string of the molecule is COc1ccc2nccc([C@@H](O)[C@H](O)[C@H]3CCN(C[C@@H]4CN(c5ccc6c(c5)NC(=O)CS6)C(=O)O4)C3)c2n1. The van der Waals surface area contributed by atoms with Gasteiger partial charge in [0.1, 0.15) is 12.2 Å². The molecule has 39 heavy (non-hydrogen) atoms. The predicted octanol–water partition coefficient (Wildman–Crippen LogP) is 2.42. The Morgan fingerprint density at radius 3 is 2.92 bits per heavy atom. The van der Waals surface area contributed by atoms with Gasteiger partial charge in [0.25, 0.3) is 0 Å². The van der Waals surface area contributed by atoms with Crippen LogP contribution >= 0.6 is 11.8 Å². The molecule has 0 bridgehead atoms. The van der Waals surface area contributed by atoms with E-state index in [0.29, 0.717) is 72.2 Å². The lowest BCUT2D eigenvalue weighted by molar-refractivity contribution is -0.113. The number of ether oxygens (including phenoxy) is 2. The molecule has 1 aromatic carbocycles. The molecule has 2 amide bonds. The quantitative estimate of drug-likeness (QED) is 0.401. The molecule has 0 saturated carbocycles. The molecule has 0 unspecified atom stereocenters. The number of nitrogens with one attached hydrogen (secondary N) is 1. The molecule has 12 heteroatoms. The highest BCUT2D eigenvalue weighted by Crippen LogP contribution is 2.36. The summed E-state index contributed by atoms with van der Waals surface area (Å²) in [5.41, 5.74) is 2.99. The lowest BCUT2D eigenvalue weighted by atomic mass is 9.92. The number of cyclic esters (lactones) is 1. The Hall–Kier alpha value is -3.45. The normalized spacial score (nSPS) is 22.9. The van der Waals surface area contributed by atoms with Crippen molar-refractivity contribution in [2.75, 3.05) is 49.3 Å². The molecule has 2 aromatic heterocycles. The summed E-state index contributed by atoms with van der Waals surface area (Å²) in [6, 6.07) is 10.7. The van der Waals surface area contributed by atoms with Crippen LogP contribution in [-0.2, 0) is 9.53 Å². The van der Waals surface area contributed by atoms with Gasteiger partial charge in [-0.1, -0.05) is 0 Å². The second-order valence-electron chi connectivity index (χ2n) is 10.00. The number of rotatable bonds is 7. The number of likely N-dealkylation sites (tertiary alicyclic amines) is 1. The zero-order chi connectivity index (χ0) is 27.1. The van der Waals surface area contributed by atoms with Crippen molar-refractivity contribution in [2.45, 2.75) is 29.6 Å². The zero-order valence-electron chi connectivity index (χ0n) is 21.3. The summed E-state index contributed by atoms with van der Waals surface area (Å²) in [5, 5.41) is 25.1. The molecular formula is C27H29N5O6S. The van der Waals surface area contributed by atoms with Gasteiger partial charge in [0.15, 0.2) is 0 Å². The van der Waals surface area contributed by atoms with Crippen LogP contribution < -0.4 is 15.0 Å². The maximum absolute atomic E-state index is 12.7. The lowest BCUT2D eigenvalue weighted by Crippen LogP contribution is -2.35. The van der Waals surface area contributed by atoms with Gasteiger partial charge >= 0.3 is 6.09 Å². The van der Waals surface area contributed by atoms with Crippen LogP contribution in [0.5, 0.6) is 5.88 Å². The van der Waals surface area contributed by atoms with Gasteiger partial charge in [-0.3, -0.25) is 19.6 Å². The van der Waals surface area contributed by atoms with E-state index in [4.69, 9.17) is 9.47 Å². The van der Waals surface area contributed by atoms with Crippen LogP contribution in [0, 0.1) is 5.92 Å². The molecule has 0 radical (unpaired) electrons. The average molecular weight is 552 g/mol. The molecule has 11 nitrogen and oxygen atoms in total. The highest BCUT2D eigenvalue weighted by molar-refractivity contribution is 8.00. The molecule has 204 valence electrons. The van der Waals surface area contributed by atoms with Gasteiger partial charge in [0.2, 0.25) is 11.8 Å². The summed E-state index contributed by atoms with van der Waals surface area (Å²) in [4.78, 5) is 37.9. The van der Waals surface area contributed by atoms with E-state index in [1.165, 1.54) is 18.9 Å². The molecule has 3 aliphatic heterocycles. The van der Waals surface area contributed by atoms with Gasteiger partial charge in [-0.05, 0) is 43.3 Å². The van der Waals surface area contributed by atoms with Crippen LogP contribution in [0.3, 0.4) is 0 Å². The number of hydrogen-bond donors (Lipinski definition) is 3. The monoisotopic (exact) mass is 551 g/mol. The van der Waals surface area contributed by atoms with E-state index in [0.717, 1.165) is 4.90 Å². The van der Waals surface area contributed by atoms with E-state index >= 15 is 0 Å². The standard InChI is InChI=1S/C27H29N5O6S/c1-37-23-5-3-19-24(30-23)18(6-8-28-19)26(35)25(34)15-7-9-31(11-15)12-17-13-32(27(36)38-17)16-2-4-21-20(10-16)29-22(33)14-39-21/h2-6,8,10,15,17,25-26,34-35H,7,9,11-14H2,1H3,(H,29,33)/t15-,17+,25+,26+/m0/s1. The third-order valence-electron chi connectivity index (χ3n) is 7.48. The number of aliphatic hydroxyl groups excluding tert-OH is 2. The number of carbonyl (C=O) groups is 2. The van der Waals surface area contributed by atoms with Crippen LogP contribution in [0.1, 0.15) is 18.1 Å². The Morgan fingerprint density at radius 1 is 1.21 bits per heavy atom. The minimum Gasteiger partial charge on any atom is -0.481 e. The minimum atomic E-state index is -1.14. The molecular weight excluding hydrogens is 522 g/mol. The summed E-state index contributed by atoms with van der Waals surface area (Å²) in [6.07, 6.45) is -0.599. The second-order valence-corrected chi connectivity index (χ2v) is 11.0. The maximum atomic E-state index is 12.7. The molecule has 4 atom stereocenters. The summed E-state index contributed by atoms with van der Waals surface area (Å²) < 4.78 is 10.9. The van der Waals surface area contributed by atoms with Gasteiger partial charge in [-0.2, -0.15) is 0 Å². The van der Waals surface area contributed by atoms with Crippen molar-refractivity contribution in [1.82, 2.24) is 14.9 Å². The predicted molar refractivity (Wildman–Crippen MR) is 145 cm³/mol. The van der Waals surface area contributed by atoms with Gasteiger partial charge in [0, 0.05) is 47.4 Å². The van der Waals surface area contributed by atoms with Crippen molar-refractivity contribution in [3.63, 3.8) is 0 Å². The van der Waals surface area contributed by atoms with Gasteiger partial charge in [-0.15, -0.1) is 11.8 Å². The Bertz CT molecular complexity index is 1420. The number of hydrogen-bond acceptors (Lipinski definition) is 10. The molecule has 3 aromatic rings. The van der Waals surface area contributed by atoms with Gasteiger partial charge in [0.05, 0.1) is 42.2 Å². The maximum Gasteiger partial charge on any atom is 0.414 e. The fraction of sp³-hybridized carbons (Fsp3) is 0.407. The Kier molecular flexibility index (Phi) is 7.02. The van der Waals surface area contributed by atoms with E-state index in [2.05, 4.69) is 20.2 Å². The third-order valence-corrected chi connectivity index (χ3v) is 8.55. The molecule has 3 aliphatic rings. The molecule has 0 spiro atoms. The number of anilines is 2. The Morgan fingerprint density at radius 2 is 2.08 bits per heavy atom. The number of amides is 2. The van der Waals surface area contributed by atoms with Crippen molar-refractivity contribution >= 4 is 46.2 Å². The highest BCUT2D eigenvalue weighted by Gasteiger charge is 2.38. The van der Waals surface area contributed by atoms with Gasteiger partial charge in [-0.25, -0.2) is 9.78 Å². The van der Waals surface area contributed by atoms with E-state index in [1.807, 2.05) is 12.1 Å². The van der Waals surface area contributed by atoms with Crippen molar-refractivity contribution < 1.29 is 29.3 Å². The van der Waals surface area contributed by atoms with Crippen molar-refractivity contribution in [2.24, 2.45) is 5.92 Å². The largest absolute Gasteiger partial charge is 0.481 e. The van der Waals surface area contributed by atoms with Gasteiger partial charge < -0.3 is 25.0 Å². The van der Waals surface area contributed by atoms with Crippen LogP contribution in [0.15, 0.2) is 47.5 Å². The first-order valence-corrected chi connectivity index (χ1v) is 13.8. The van der Waals surface area contributed by atoms with E-state index < -0.39 is 18.3 Å². The first-order chi connectivity index (χ1) is 18.9. The number of nitrogens with zero attached hydrogens (tertiary/aromatic N) is 4. The van der Waals surface area contributed by atoms with Crippen molar-refractivity contribution in [3.8, 4) is 5.88 Å². The summed E-state index contributed by atoms with van der Waals surface area (Å²) in [5.74, 6) is 0.567. The van der Waals surface area contributed by atoms with Crippen molar-refractivity contribution in [3.05, 3.63) is 48.2 Å². The van der Waals surface area contributed by atoms with Crippen LogP contribution in [0.25, 0.3) is 11.0 Å². The topological polar surface area (TPSA) is 137 Å². The zero-order valence-corrected chi connectivity index (χ0v) is 22.1. The first kappa shape index (κ1) is 25.8. The highest BCUT2D eigenvalue weighted by atomic mass is 32.2. The molecule has 0 aliphatic carbocycles. The fourth-order valence-electron chi connectivity index (χ4n) is 5.48. The summed E-state index contributed by atoms with van der Waals surface area (Å²) in [7, 11) is 1.52. The second kappa shape index (κ2) is 10.6. The molecule has 6 rings (SSSR count). The fourth-order valence-corrected chi connectivity index (χ4v) is 6.27. The Labute approximate surface area is 229 Å². The molecule has 2 saturated heterocycles. The Balaban J connectivity index is 1.08. The molecule has 5 heterocycles. The smallest absolute Gasteiger partial charge is 0.414 e. The number of carbonyl (C=O) groups excluding carboxylic acids is 2. The van der Waals surface area contributed by atoms with Crippen LogP contribution in [0.4, 0.5) is 16.2 Å². The average Bonchev–Trinajstić information content (AvgIpc) is 3.57. The number of methoxy groups -OCH3 is 1. The van der Waals surface area contributed by atoms with Crippen molar-refractivity contribution in [1.29, 1.82) is 0 Å². The minimum absolute atomic E-state index is 0.0597. The number of benzene rings is 1. The number of thioether (sulfide) groups is 1. The number of aliphatic hydroxyl groups is 2. The summed E-state index contributed by atoms with van der Waals surface area (Å²) >= 11 is 1.47. The molecule has 3 N–H and O–H groups in total. The molecule has 2 fully saturated rings. The summed E-state index contributed by atoms with van der Waals surface area (Å²) in [6.45, 7) is 2.19. The number of pyridine rings is 2. The van der Waals surface area contributed by atoms with E-state index in [-0.39, 0.29) is 17.9 Å². The third kappa shape index (κ3) is 5.12. The first-order valence-electron chi connectivity index (χ1n) is 12.8.